The first-order chi connectivity index (χ1) is 13.6. The molecule has 1 saturated heterocycles. The van der Waals surface area contributed by atoms with Gasteiger partial charge in [0.15, 0.2) is 0 Å². The number of carbonyl (C=O) groups is 2. The normalized spacial score (nSPS) is 19.8. The van der Waals surface area contributed by atoms with E-state index in [9.17, 15) is 18.0 Å². The quantitative estimate of drug-likeness (QED) is 0.662. The molecule has 2 N–H and O–H groups in total. The van der Waals surface area contributed by atoms with Crippen LogP contribution in [-0.2, 0) is 24.3 Å². The number of benzene rings is 1. The van der Waals surface area contributed by atoms with Crippen LogP contribution in [0, 0.1) is 0 Å². The zero-order chi connectivity index (χ0) is 21.6. The minimum atomic E-state index is -3.63. The van der Waals surface area contributed by atoms with Gasteiger partial charge in [0, 0.05) is 37.3 Å². The average molecular weight is 426 g/mol. The molecule has 2 unspecified atom stereocenters. The van der Waals surface area contributed by atoms with Crippen LogP contribution in [0.4, 0.5) is 11.4 Å². The van der Waals surface area contributed by atoms with Gasteiger partial charge in [-0.15, -0.1) is 0 Å². The predicted octanol–water partition coefficient (Wildman–Crippen LogP) is 2.26. The minimum absolute atomic E-state index is 0.0221. The zero-order valence-electron chi connectivity index (χ0n) is 17.5. The standard InChI is InChI=1S/C20H31N3O5S/c1-14(2)29(26,27)22-20(25)7-5-6-19(24)21-17-8-10-18(11-9-17)23-12-15(3)28-16(4)13-23/h8-11,14-16H,5-7,12-13H2,1-4H3,(H,21,24)(H,22,25). The van der Waals surface area contributed by atoms with E-state index in [4.69, 9.17) is 4.74 Å². The fraction of sp³-hybridized carbons (Fsp3) is 0.600. The molecule has 1 aromatic rings. The fourth-order valence-electron chi connectivity index (χ4n) is 3.10. The number of rotatable bonds is 8. The number of anilines is 2. The van der Waals surface area contributed by atoms with Gasteiger partial charge in [0.2, 0.25) is 21.8 Å². The first kappa shape index (κ1) is 23.2. The Labute approximate surface area is 173 Å². The maximum Gasteiger partial charge on any atom is 0.237 e. The highest BCUT2D eigenvalue weighted by atomic mass is 32.2. The van der Waals surface area contributed by atoms with Gasteiger partial charge in [0.1, 0.15) is 0 Å². The fourth-order valence-corrected chi connectivity index (χ4v) is 3.76. The van der Waals surface area contributed by atoms with E-state index in [2.05, 4.69) is 24.1 Å². The van der Waals surface area contributed by atoms with E-state index in [1.807, 2.05) is 29.0 Å². The molecule has 8 nitrogen and oxygen atoms in total. The molecule has 0 bridgehead atoms. The first-order valence-electron chi connectivity index (χ1n) is 9.91. The largest absolute Gasteiger partial charge is 0.372 e. The molecule has 1 aromatic carbocycles. The molecule has 1 heterocycles. The van der Waals surface area contributed by atoms with E-state index >= 15 is 0 Å². The van der Waals surface area contributed by atoms with E-state index in [1.165, 1.54) is 13.8 Å². The third kappa shape index (κ3) is 7.32. The van der Waals surface area contributed by atoms with Crippen molar-refractivity contribution >= 4 is 33.2 Å². The number of carbonyl (C=O) groups excluding carboxylic acids is 2. The van der Waals surface area contributed by atoms with E-state index < -0.39 is 21.2 Å². The second kappa shape index (κ2) is 10.1. The Morgan fingerprint density at radius 2 is 1.62 bits per heavy atom. The summed E-state index contributed by atoms with van der Waals surface area (Å²) in [7, 11) is -3.63. The Morgan fingerprint density at radius 1 is 1.07 bits per heavy atom. The zero-order valence-corrected chi connectivity index (χ0v) is 18.3. The van der Waals surface area contributed by atoms with Gasteiger partial charge in [0.25, 0.3) is 0 Å². The number of sulfonamides is 1. The van der Waals surface area contributed by atoms with E-state index in [0.29, 0.717) is 5.69 Å². The lowest BCUT2D eigenvalue weighted by Crippen LogP contribution is -2.45. The van der Waals surface area contributed by atoms with Gasteiger partial charge in [0.05, 0.1) is 17.5 Å². The number of morpholine rings is 1. The first-order valence-corrected chi connectivity index (χ1v) is 11.5. The van der Waals surface area contributed by atoms with Crippen molar-refractivity contribution in [2.24, 2.45) is 0 Å². The van der Waals surface area contributed by atoms with Gasteiger partial charge in [-0.3, -0.25) is 14.3 Å². The number of nitrogens with zero attached hydrogens (tertiary/aromatic N) is 1. The molecule has 2 rings (SSSR count). The molecule has 1 aliphatic heterocycles. The second-order valence-electron chi connectivity index (χ2n) is 7.73. The Bertz CT molecular complexity index is 798. The molecule has 0 radical (unpaired) electrons. The van der Waals surface area contributed by atoms with Crippen LogP contribution in [0.2, 0.25) is 0 Å². The number of nitrogens with one attached hydrogen (secondary N) is 2. The maximum atomic E-state index is 12.1. The van der Waals surface area contributed by atoms with Gasteiger partial charge in [-0.05, 0) is 58.4 Å². The molecular weight excluding hydrogens is 394 g/mol. The Balaban J connectivity index is 1.77. The molecule has 0 saturated carbocycles. The molecule has 162 valence electrons. The average Bonchev–Trinajstić information content (AvgIpc) is 2.61. The summed E-state index contributed by atoms with van der Waals surface area (Å²) >= 11 is 0. The van der Waals surface area contributed by atoms with Gasteiger partial charge < -0.3 is 15.0 Å². The third-order valence-electron chi connectivity index (χ3n) is 4.62. The Hall–Kier alpha value is -2.13. The summed E-state index contributed by atoms with van der Waals surface area (Å²) in [5.41, 5.74) is 1.76. The van der Waals surface area contributed by atoms with E-state index in [-0.39, 0.29) is 37.4 Å². The van der Waals surface area contributed by atoms with Crippen LogP contribution in [0.15, 0.2) is 24.3 Å². The minimum Gasteiger partial charge on any atom is -0.372 e. The van der Waals surface area contributed by atoms with Gasteiger partial charge in [-0.25, -0.2) is 8.42 Å². The van der Waals surface area contributed by atoms with Crippen LogP contribution < -0.4 is 14.9 Å². The molecular formula is C20H31N3O5S. The summed E-state index contributed by atoms with van der Waals surface area (Å²) in [4.78, 5) is 26.0. The summed E-state index contributed by atoms with van der Waals surface area (Å²) in [6.45, 7) is 8.74. The molecule has 0 aliphatic carbocycles. The molecule has 0 spiro atoms. The van der Waals surface area contributed by atoms with E-state index in [0.717, 1.165) is 18.8 Å². The van der Waals surface area contributed by atoms with Gasteiger partial charge in [-0.1, -0.05) is 0 Å². The van der Waals surface area contributed by atoms with Crippen molar-refractivity contribution in [1.29, 1.82) is 0 Å². The van der Waals surface area contributed by atoms with Crippen molar-refractivity contribution in [2.45, 2.75) is 64.4 Å². The van der Waals surface area contributed by atoms with Crippen LogP contribution in [0.3, 0.4) is 0 Å². The highest BCUT2D eigenvalue weighted by Crippen LogP contribution is 2.22. The SMILES string of the molecule is CC1CN(c2ccc(NC(=O)CCCC(=O)NS(=O)(=O)C(C)C)cc2)CC(C)O1. The topological polar surface area (TPSA) is 105 Å². The Kier molecular flexibility index (Phi) is 8.04. The monoisotopic (exact) mass is 425 g/mol. The molecule has 29 heavy (non-hydrogen) atoms. The summed E-state index contributed by atoms with van der Waals surface area (Å²) in [6, 6.07) is 7.62. The van der Waals surface area contributed by atoms with Crippen molar-refractivity contribution in [3.63, 3.8) is 0 Å². The van der Waals surface area contributed by atoms with Crippen molar-refractivity contribution < 1.29 is 22.7 Å². The molecule has 9 heteroatoms. The molecule has 0 aromatic heterocycles. The molecule has 1 aliphatic rings. The highest BCUT2D eigenvalue weighted by molar-refractivity contribution is 7.90. The smallest absolute Gasteiger partial charge is 0.237 e. The molecule has 2 atom stereocenters. The van der Waals surface area contributed by atoms with Crippen LogP contribution >= 0.6 is 0 Å². The van der Waals surface area contributed by atoms with Crippen molar-refractivity contribution in [3.05, 3.63) is 24.3 Å². The second-order valence-corrected chi connectivity index (χ2v) is 9.97. The predicted molar refractivity (Wildman–Crippen MR) is 113 cm³/mol. The number of amides is 2. The lowest BCUT2D eigenvalue weighted by Gasteiger charge is -2.36. The number of ether oxygens (including phenoxy) is 1. The van der Waals surface area contributed by atoms with Gasteiger partial charge in [-0.2, -0.15) is 0 Å². The lowest BCUT2D eigenvalue weighted by atomic mass is 10.2. The number of hydrogen-bond acceptors (Lipinski definition) is 6. The highest BCUT2D eigenvalue weighted by Gasteiger charge is 2.22. The summed E-state index contributed by atoms with van der Waals surface area (Å²) in [6.07, 6.45) is 0.727. The molecule has 1 fully saturated rings. The number of hydrogen-bond donors (Lipinski definition) is 2. The van der Waals surface area contributed by atoms with Crippen LogP contribution in [0.1, 0.15) is 47.0 Å². The third-order valence-corrected chi connectivity index (χ3v) is 6.37. The summed E-state index contributed by atoms with van der Waals surface area (Å²) in [5.74, 6) is -0.810. The van der Waals surface area contributed by atoms with Crippen molar-refractivity contribution in [1.82, 2.24) is 4.72 Å². The van der Waals surface area contributed by atoms with Crippen LogP contribution in [0.5, 0.6) is 0 Å². The van der Waals surface area contributed by atoms with Crippen LogP contribution in [0.25, 0.3) is 0 Å². The summed E-state index contributed by atoms with van der Waals surface area (Å²) in [5, 5.41) is 2.12. The lowest BCUT2D eigenvalue weighted by molar-refractivity contribution is -0.119. The van der Waals surface area contributed by atoms with Crippen molar-refractivity contribution in [3.8, 4) is 0 Å². The van der Waals surface area contributed by atoms with E-state index in [1.54, 1.807) is 0 Å². The van der Waals surface area contributed by atoms with Gasteiger partial charge >= 0.3 is 0 Å². The Morgan fingerprint density at radius 3 is 2.17 bits per heavy atom. The van der Waals surface area contributed by atoms with Crippen LogP contribution in [-0.4, -0.2) is 50.8 Å². The van der Waals surface area contributed by atoms with Crippen molar-refractivity contribution in [2.75, 3.05) is 23.3 Å². The maximum absolute atomic E-state index is 12.1. The summed E-state index contributed by atoms with van der Waals surface area (Å²) < 4.78 is 31.0. The molecule has 2 amide bonds.